The normalized spacial score (nSPS) is 26.7. The molecule has 0 aromatic carbocycles. The zero-order valence-corrected chi connectivity index (χ0v) is 8.71. The number of rotatable bonds is 2. The van der Waals surface area contributed by atoms with Crippen LogP contribution in [0.4, 0.5) is 0 Å². The second kappa shape index (κ2) is 4.98. The first-order valence-corrected chi connectivity index (χ1v) is 5.02. The monoisotopic (exact) mass is 199 g/mol. The first-order valence-electron chi connectivity index (χ1n) is 5.02. The Bertz CT molecular complexity index is 219. The van der Waals surface area contributed by atoms with Gasteiger partial charge in [0.1, 0.15) is 6.10 Å². The molecule has 0 atom stereocenters. The van der Waals surface area contributed by atoms with Crippen LogP contribution in [0.2, 0.25) is 0 Å². The smallest absolute Gasteiger partial charge is 0.302 e. The van der Waals surface area contributed by atoms with E-state index < -0.39 is 0 Å². The van der Waals surface area contributed by atoms with Gasteiger partial charge in [-0.2, -0.15) is 0 Å². The molecule has 1 N–H and O–H groups in total. The van der Waals surface area contributed by atoms with Crippen LogP contribution in [-0.2, 0) is 14.3 Å². The van der Waals surface area contributed by atoms with Crippen molar-refractivity contribution in [3.05, 3.63) is 0 Å². The minimum atomic E-state index is -0.228. The van der Waals surface area contributed by atoms with Crippen molar-refractivity contribution in [3.8, 4) is 0 Å². The Balaban J connectivity index is 2.31. The SMILES string of the molecule is CNC(=O)C1CCC(OC(C)=O)CC1. The van der Waals surface area contributed by atoms with E-state index in [4.69, 9.17) is 4.74 Å². The van der Waals surface area contributed by atoms with Gasteiger partial charge >= 0.3 is 5.97 Å². The molecule has 1 amide bonds. The number of hydrogen-bond acceptors (Lipinski definition) is 3. The topological polar surface area (TPSA) is 55.4 Å². The highest BCUT2D eigenvalue weighted by Crippen LogP contribution is 2.26. The van der Waals surface area contributed by atoms with Crippen LogP contribution in [0, 0.1) is 5.92 Å². The second-order valence-electron chi connectivity index (χ2n) is 3.70. The van der Waals surface area contributed by atoms with Crippen molar-refractivity contribution in [3.63, 3.8) is 0 Å². The minimum Gasteiger partial charge on any atom is -0.463 e. The Labute approximate surface area is 84.0 Å². The van der Waals surface area contributed by atoms with Gasteiger partial charge in [-0.3, -0.25) is 9.59 Å². The van der Waals surface area contributed by atoms with Crippen LogP contribution >= 0.6 is 0 Å². The molecule has 0 unspecified atom stereocenters. The molecule has 0 aromatic rings. The van der Waals surface area contributed by atoms with Crippen molar-refractivity contribution in [2.24, 2.45) is 5.92 Å². The molecule has 14 heavy (non-hydrogen) atoms. The van der Waals surface area contributed by atoms with Gasteiger partial charge in [0.05, 0.1) is 0 Å². The van der Waals surface area contributed by atoms with Crippen molar-refractivity contribution in [1.29, 1.82) is 0 Å². The van der Waals surface area contributed by atoms with Crippen LogP contribution in [0.25, 0.3) is 0 Å². The maximum absolute atomic E-state index is 11.3. The molecule has 0 heterocycles. The van der Waals surface area contributed by atoms with E-state index in [0.29, 0.717) is 0 Å². The van der Waals surface area contributed by atoms with Gasteiger partial charge in [0.15, 0.2) is 0 Å². The van der Waals surface area contributed by atoms with Crippen molar-refractivity contribution < 1.29 is 14.3 Å². The van der Waals surface area contributed by atoms with Crippen LogP contribution in [0.3, 0.4) is 0 Å². The number of hydrogen-bond donors (Lipinski definition) is 1. The fourth-order valence-electron chi connectivity index (χ4n) is 1.88. The molecule has 4 heteroatoms. The van der Waals surface area contributed by atoms with Crippen molar-refractivity contribution in [1.82, 2.24) is 5.32 Å². The zero-order valence-electron chi connectivity index (χ0n) is 8.71. The predicted molar refractivity (Wildman–Crippen MR) is 51.6 cm³/mol. The molecule has 80 valence electrons. The maximum Gasteiger partial charge on any atom is 0.302 e. The molecule has 0 radical (unpaired) electrons. The summed E-state index contributed by atoms with van der Waals surface area (Å²) in [6.45, 7) is 1.42. The lowest BCUT2D eigenvalue weighted by Gasteiger charge is -2.26. The van der Waals surface area contributed by atoms with Crippen molar-refractivity contribution in [2.75, 3.05) is 7.05 Å². The van der Waals surface area contributed by atoms with Gasteiger partial charge in [0.25, 0.3) is 0 Å². The molecule has 1 aliphatic rings. The molecule has 0 saturated heterocycles. The molecule has 0 bridgehead atoms. The Morgan fingerprint density at radius 2 is 1.79 bits per heavy atom. The minimum absolute atomic E-state index is 0.0217. The fraction of sp³-hybridized carbons (Fsp3) is 0.800. The first kappa shape index (κ1) is 11.0. The molecule has 1 saturated carbocycles. The highest BCUT2D eigenvalue weighted by Gasteiger charge is 2.26. The van der Waals surface area contributed by atoms with Crippen LogP contribution in [0.1, 0.15) is 32.6 Å². The third-order valence-corrected chi connectivity index (χ3v) is 2.62. The van der Waals surface area contributed by atoms with Gasteiger partial charge < -0.3 is 10.1 Å². The van der Waals surface area contributed by atoms with Gasteiger partial charge in [0, 0.05) is 19.9 Å². The van der Waals surface area contributed by atoms with E-state index in [2.05, 4.69) is 5.32 Å². The largest absolute Gasteiger partial charge is 0.463 e. The summed E-state index contributed by atoms with van der Waals surface area (Å²) in [7, 11) is 1.65. The van der Waals surface area contributed by atoms with Crippen LogP contribution < -0.4 is 5.32 Å². The zero-order chi connectivity index (χ0) is 10.6. The summed E-state index contributed by atoms with van der Waals surface area (Å²) in [5.74, 6) is -0.0218. The van der Waals surface area contributed by atoms with E-state index in [1.165, 1.54) is 6.92 Å². The van der Waals surface area contributed by atoms with E-state index >= 15 is 0 Å². The lowest BCUT2D eigenvalue weighted by Crippen LogP contribution is -2.33. The summed E-state index contributed by atoms with van der Waals surface area (Å²) in [6, 6.07) is 0. The molecule has 4 nitrogen and oxygen atoms in total. The van der Waals surface area contributed by atoms with Crippen LogP contribution in [-0.4, -0.2) is 25.0 Å². The molecular formula is C10H17NO3. The Morgan fingerprint density at radius 3 is 2.21 bits per heavy atom. The van der Waals surface area contributed by atoms with Crippen molar-refractivity contribution >= 4 is 11.9 Å². The standard InChI is InChI=1S/C10H17NO3/c1-7(12)14-9-5-3-8(4-6-9)10(13)11-2/h8-9H,3-6H2,1-2H3,(H,11,13). The lowest BCUT2D eigenvalue weighted by atomic mass is 9.87. The summed E-state index contributed by atoms with van der Waals surface area (Å²) in [5, 5.41) is 2.64. The summed E-state index contributed by atoms with van der Waals surface area (Å²) in [4.78, 5) is 22.0. The Hall–Kier alpha value is -1.06. The van der Waals surface area contributed by atoms with Gasteiger partial charge in [-0.05, 0) is 25.7 Å². The number of carbonyl (C=O) groups is 2. The predicted octanol–water partition coefficient (Wildman–Crippen LogP) is 0.854. The van der Waals surface area contributed by atoms with E-state index in [1.807, 2.05) is 0 Å². The quantitative estimate of drug-likeness (QED) is 0.671. The molecule has 1 fully saturated rings. The lowest BCUT2D eigenvalue weighted by molar-refractivity contribution is -0.148. The summed E-state index contributed by atoms with van der Waals surface area (Å²) >= 11 is 0. The average molecular weight is 199 g/mol. The maximum atomic E-state index is 11.3. The number of nitrogens with one attached hydrogen (secondary N) is 1. The molecule has 1 rings (SSSR count). The third-order valence-electron chi connectivity index (χ3n) is 2.62. The van der Waals surface area contributed by atoms with Crippen molar-refractivity contribution in [2.45, 2.75) is 38.7 Å². The molecular weight excluding hydrogens is 182 g/mol. The Morgan fingerprint density at radius 1 is 1.21 bits per heavy atom. The third kappa shape index (κ3) is 3.01. The summed E-state index contributed by atoms with van der Waals surface area (Å²) in [6.07, 6.45) is 3.26. The number of esters is 1. The highest BCUT2D eigenvalue weighted by atomic mass is 16.5. The Kier molecular flexibility index (Phi) is 3.92. The summed E-state index contributed by atoms with van der Waals surface area (Å²) in [5.41, 5.74) is 0. The van der Waals surface area contributed by atoms with E-state index in [-0.39, 0.29) is 23.9 Å². The van der Waals surface area contributed by atoms with Crippen LogP contribution in [0.15, 0.2) is 0 Å². The molecule has 0 spiro atoms. The van der Waals surface area contributed by atoms with Gasteiger partial charge in [0.2, 0.25) is 5.91 Å². The first-order chi connectivity index (χ1) is 6.63. The summed E-state index contributed by atoms with van der Waals surface area (Å²) < 4.78 is 5.08. The molecule has 1 aliphatic carbocycles. The second-order valence-corrected chi connectivity index (χ2v) is 3.70. The van der Waals surface area contributed by atoms with Gasteiger partial charge in [-0.15, -0.1) is 0 Å². The number of amides is 1. The molecule has 0 aliphatic heterocycles. The van der Waals surface area contributed by atoms with E-state index in [0.717, 1.165) is 25.7 Å². The highest BCUT2D eigenvalue weighted by molar-refractivity contribution is 5.78. The van der Waals surface area contributed by atoms with Gasteiger partial charge in [-0.1, -0.05) is 0 Å². The van der Waals surface area contributed by atoms with Crippen LogP contribution in [0.5, 0.6) is 0 Å². The van der Waals surface area contributed by atoms with E-state index in [9.17, 15) is 9.59 Å². The number of carbonyl (C=O) groups excluding carboxylic acids is 2. The average Bonchev–Trinajstić information content (AvgIpc) is 2.17. The number of ether oxygens (including phenoxy) is 1. The van der Waals surface area contributed by atoms with E-state index in [1.54, 1.807) is 7.05 Å². The fourth-order valence-corrected chi connectivity index (χ4v) is 1.88. The molecule has 0 aromatic heterocycles. The van der Waals surface area contributed by atoms with Gasteiger partial charge in [-0.25, -0.2) is 0 Å².